The Morgan fingerprint density at radius 3 is 2.05 bits per heavy atom. The van der Waals surface area contributed by atoms with Gasteiger partial charge in [-0.3, -0.25) is 9.36 Å². The smallest absolute Gasteiger partial charge is 0.400 e. The van der Waals surface area contributed by atoms with Gasteiger partial charge in [0.25, 0.3) is 5.52 Å². The Hall–Kier alpha value is -0.870. The second-order valence-electron chi connectivity index (χ2n) is 4.23. The number of rotatable bonds is 6. The Balaban J connectivity index is 2.95. The van der Waals surface area contributed by atoms with Gasteiger partial charge in [0.05, 0.1) is 0 Å². The minimum Gasteiger partial charge on any atom is -0.479 e. The topological polar surface area (TPSA) is 61.8 Å². The molecular formula is C12H16ClO5P. The number of carbonyl (C=O) groups is 1. The molecule has 0 heterocycles. The maximum Gasteiger partial charge on any atom is 0.400 e. The van der Waals surface area contributed by atoms with Gasteiger partial charge in [-0.05, 0) is 38.1 Å². The van der Waals surface area contributed by atoms with Crippen LogP contribution in [0.15, 0.2) is 24.3 Å². The molecular weight excluding hydrogens is 291 g/mol. The van der Waals surface area contributed by atoms with E-state index in [-0.39, 0.29) is 0 Å². The standard InChI is InChI=1S/C12H16ClO5P/c1-12(2,11(14)19(15,16-3)17-4)18-10-7-5-9(13)6-8-10/h5-8H,1-4H3. The highest BCUT2D eigenvalue weighted by Gasteiger charge is 2.45. The zero-order valence-corrected chi connectivity index (χ0v) is 12.8. The first-order valence-corrected chi connectivity index (χ1v) is 7.38. The van der Waals surface area contributed by atoms with Gasteiger partial charge >= 0.3 is 7.60 Å². The van der Waals surface area contributed by atoms with Gasteiger partial charge in [0.15, 0.2) is 5.60 Å². The van der Waals surface area contributed by atoms with Crippen LogP contribution in [0.3, 0.4) is 0 Å². The molecule has 5 nitrogen and oxygen atoms in total. The summed E-state index contributed by atoms with van der Waals surface area (Å²) in [5.74, 6) is 0.432. The lowest BCUT2D eigenvalue weighted by molar-refractivity contribution is -0.125. The summed E-state index contributed by atoms with van der Waals surface area (Å²) >= 11 is 5.76. The predicted molar refractivity (Wildman–Crippen MR) is 72.8 cm³/mol. The minimum atomic E-state index is -3.83. The van der Waals surface area contributed by atoms with Crippen molar-refractivity contribution < 1.29 is 23.1 Å². The molecule has 0 aromatic heterocycles. The predicted octanol–water partition coefficient (Wildman–Crippen LogP) is 3.51. The van der Waals surface area contributed by atoms with E-state index in [1.807, 2.05) is 0 Å². The van der Waals surface area contributed by atoms with Crippen molar-refractivity contribution in [1.82, 2.24) is 0 Å². The Kier molecular flexibility index (Phi) is 5.16. The fourth-order valence-electron chi connectivity index (χ4n) is 1.41. The maximum absolute atomic E-state index is 12.2. The lowest BCUT2D eigenvalue weighted by Gasteiger charge is -2.27. The summed E-state index contributed by atoms with van der Waals surface area (Å²) in [5.41, 5.74) is -2.10. The number of carbonyl (C=O) groups excluding carboxylic acids is 1. The van der Waals surface area contributed by atoms with E-state index in [0.29, 0.717) is 10.8 Å². The highest BCUT2D eigenvalue weighted by molar-refractivity contribution is 7.72. The lowest BCUT2D eigenvalue weighted by atomic mass is 10.1. The van der Waals surface area contributed by atoms with E-state index in [4.69, 9.17) is 16.3 Å². The lowest BCUT2D eigenvalue weighted by Crippen LogP contribution is -2.38. The van der Waals surface area contributed by atoms with Gasteiger partial charge in [-0.1, -0.05) is 11.6 Å². The van der Waals surface area contributed by atoms with E-state index >= 15 is 0 Å². The van der Waals surface area contributed by atoms with Crippen molar-refractivity contribution in [2.24, 2.45) is 0 Å². The molecule has 0 bridgehead atoms. The number of hydrogen-bond acceptors (Lipinski definition) is 5. The Morgan fingerprint density at radius 1 is 1.16 bits per heavy atom. The van der Waals surface area contributed by atoms with Gasteiger partial charge in [-0.25, -0.2) is 0 Å². The normalized spacial score (nSPS) is 12.3. The SMILES string of the molecule is COP(=O)(OC)C(=O)C(C)(C)Oc1ccc(Cl)cc1. The molecule has 0 aliphatic rings. The molecule has 0 spiro atoms. The van der Waals surface area contributed by atoms with Crippen LogP contribution < -0.4 is 4.74 Å². The number of ether oxygens (including phenoxy) is 1. The highest BCUT2D eigenvalue weighted by Crippen LogP contribution is 2.51. The quantitative estimate of drug-likeness (QED) is 0.753. The molecule has 0 fully saturated rings. The van der Waals surface area contributed by atoms with Gasteiger partial charge in [0.2, 0.25) is 0 Å². The van der Waals surface area contributed by atoms with Crippen LogP contribution in [0.25, 0.3) is 0 Å². The molecule has 0 aliphatic carbocycles. The van der Waals surface area contributed by atoms with Crippen molar-refractivity contribution in [3.63, 3.8) is 0 Å². The second kappa shape index (κ2) is 6.06. The van der Waals surface area contributed by atoms with E-state index in [1.165, 1.54) is 13.8 Å². The molecule has 7 heteroatoms. The molecule has 1 aromatic carbocycles. The first-order chi connectivity index (χ1) is 8.75. The monoisotopic (exact) mass is 306 g/mol. The van der Waals surface area contributed by atoms with Crippen LogP contribution in [0.1, 0.15) is 13.8 Å². The minimum absolute atomic E-state index is 0.432. The van der Waals surface area contributed by atoms with E-state index < -0.39 is 18.7 Å². The Bertz CT molecular complexity index is 489. The van der Waals surface area contributed by atoms with Crippen molar-refractivity contribution in [2.45, 2.75) is 19.4 Å². The maximum atomic E-state index is 12.2. The zero-order chi connectivity index (χ0) is 14.7. The summed E-state index contributed by atoms with van der Waals surface area (Å²) in [6.45, 7) is 2.99. The Morgan fingerprint density at radius 2 is 1.63 bits per heavy atom. The van der Waals surface area contributed by atoms with E-state index in [0.717, 1.165) is 14.2 Å². The molecule has 0 unspecified atom stereocenters. The zero-order valence-electron chi connectivity index (χ0n) is 11.2. The molecule has 19 heavy (non-hydrogen) atoms. The molecule has 0 N–H and O–H groups in total. The van der Waals surface area contributed by atoms with E-state index in [1.54, 1.807) is 24.3 Å². The third-order valence-electron chi connectivity index (χ3n) is 2.43. The second-order valence-corrected chi connectivity index (χ2v) is 6.80. The summed E-state index contributed by atoms with van der Waals surface area (Å²) in [7, 11) is -1.52. The summed E-state index contributed by atoms with van der Waals surface area (Å²) in [4.78, 5) is 12.2. The number of hydrogen-bond donors (Lipinski definition) is 0. The summed E-state index contributed by atoms with van der Waals surface area (Å²) in [6.07, 6.45) is 0. The molecule has 106 valence electrons. The van der Waals surface area contributed by atoms with Crippen LogP contribution in [0, 0.1) is 0 Å². The van der Waals surface area contributed by atoms with Crippen LogP contribution in [0.4, 0.5) is 0 Å². The average molecular weight is 307 g/mol. The van der Waals surface area contributed by atoms with Gasteiger partial charge in [-0.2, -0.15) is 0 Å². The van der Waals surface area contributed by atoms with Crippen molar-refractivity contribution in [2.75, 3.05) is 14.2 Å². The van der Waals surface area contributed by atoms with Crippen LogP contribution in [-0.2, 0) is 18.4 Å². The van der Waals surface area contributed by atoms with Crippen LogP contribution in [0.2, 0.25) is 5.02 Å². The van der Waals surface area contributed by atoms with E-state index in [9.17, 15) is 9.36 Å². The molecule has 0 aliphatic heterocycles. The first kappa shape index (κ1) is 16.2. The summed E-state index contributed by atoms with van der Waals surface area (Å²) < 4.78 is 26.9. The molecule has 0 radical (unpaired) electrons. The fraction of sp³-hybridized carbons (Fsp3) is 0.417. The number of benzene rings is 1. The third kappa shape index (κ3) is 3.80. The molecule has 0 atom stereocenters. The van der Waals surface area contributed by atoms with E-state index in [2.05, 4.69) is 9.05 Å². The highest BCUT2D eigenvalue weighted by atomic mass is 35.5. The van der Waals surface area contributed by atoms with Crippen LogP contribution in [0.5, 0.6) is 5.75 Å². The number of halogens is 1. The van der Waals surface area contributed by atoms with Crippen LogP contribution in [-0.4, -0.2) is 25.3 Å². The molecule has 1 rings (SSSR count). The summed E-state index contributed by atoms with van der Waals surface area (Å²) in [6, 6.07) is 6.48. The van der Waals surface area contributed by atoms with Crippen molar-refractivity contribution in [3.05, 3.63) is 29.3 Å². The van der Waals surface area contributed by atoms with Gasteiger partial charge in [-0.15, -0.1) is 0 Å². The van der Waals surface area contributed by atoms with Crippen molar-refractivity contribution in [3.8, 4) is 5.75 Å². The van der Waals surface area contributed by atoms with Gasteiger partial charge in [0.1, 0.15) is 5.75 Å². The third-order valence-corrected chi connectivity index (χ3v) is 4.68. The van der Waals surface area contributed by atoms with Crippen molar-refractivity contribution in [1.29, 1.82) is 0 Å². The van der Waals surface area contributed by atoms with Crippen LogP contribution >= 0.6 is 19.2 Å². The molecule has 1 aromatic rings. The van der Waals surface area contributed by atoms with Gasteiger partial charge < -0.3 is 13.8 Å². The van der Waals surface area contributed by atoms with Gasteiger partial charge in [0, 0.05) is 19.2 Å². The first-order valence-electron chi connectivity index (χ1n) is 5.46. The Labute approximate surface area is 117 Å². The van der Waals surface area contributed by atoms with Crippen molar-refractivity contribution >= 4 is 24.7 Å². The largest absolute Gasteiger partial charge is 0.479 e. The average Bonchev–Trinajstić information content (AvgIpc) is 2.39. The molecule has 0 amide bonds. The molecule has 0 saturated heterocycles. The fourth-order valence-corrected chi connectivity index (χ4v) is 2.72. The summed E-state index contributed by atoms with van der Waals surface area (Å²) in [5, 5.41) is 0.552. The molecule has 0 saturated carbocycles.